The van der Waals surface area contributed by atoms with E-state index < -0.39 is 0 Å². The smallest absolute Gasteiger partial charge is 0.246 e. The van der Waals surface area contributed by atoms with Crippen molar-refractivity contribution >= 4 is 18.1 Å². The molecular weight excluding hydrogens is 329 g/mol. The van der Waals surface area contributed by atoms with Gasteiger partial charge < -0.3 is 9.64 Å². The normalized spacial score (nSPS) is 14.5. The van der Waals surface area contributed by atoms with E-state index in [2.05, 4.69) is 0 Å². The predicted octanol–water partition coefficient (Wildman–Crippen LogP) is 4.55. The highest BCUT2D eigenvalue weighted by Gasteiger charge is 2.17. The second kappa shape index (κ2) is 8.48. The lowest BCUT2D eigenvalue weighted by Gasteiger charge is -2.27. The number of piperidine rings is 1. The molecule has 0 spiro atoms. The van der Waals surface area contributed by atoms with Crippen LogP contribution in [0.2, 0.25) is 0 Å². The molecule has 4 heteroatoms. The summed E-state index contributed by atoms with van der Waals surface area (Å²) in [6.45, 7) is 1.37. The average Bonchev–Trinajstić information content (AvgIpc) is 2.67. The van der Waals surface area contributed by atoms with E-state index in [9.17, 15) is 9.18 Å². The van der Waals surface area contributed by atoms with Crippen LogP contribution in [0.4, 0.5) is 4.39 Å². The Hall–Kier alpha value is -2.88. The van der Waals surface area contributed by atoms with Gasteiger partial charge in [-0.25, -0.2) is 4.39 Å². The Labute approximate surface area is 153 Å². The molecule has 0 saturated carbocycles. The number of carbonyl (C=O) groups is 1. The zero-order valence-electron chi connectivity index (χ0n) is 14.8. The molecule has 3 nitrogen and oxygen atoms in total. The average molecular weight is 351 g/mol. The van der Waals surface area contributed by atoms with Crippen molar-refractivity contribution in [2.45, 2.75) is 12.8 Å². The van der Waals surface area contributed by atoms with Gasteiger partial charge in [-0.05, 0) is 54.3 Å². The number of halogens is 1. The lowest BCUT2D eigenvalue weighted by atomic mass is 10.0. The van der Waals surface area contributed by atoms with Gasteiger partial charge in [0.05, 0.1) is 7.11 Å². The predicted molar refractivity (Wildman–Crippen MR) is 102 cm³/mol. The van der Waals surface area contributed by atoms with E-state index in [4.69, 9.17) is 4.74 Å². The zero-order chi connectivity index (χ0) is 18.4. The largest absolute Gasteiger partial charge is 0.497 e. The first-order chi connectivity index (χ1) is 12.6. The Bertz CT molecular complexity index is 814. The molecule has 0 unspecified atom stereocenters. The monoisotopic (exact) mass is 351 g/mol. The number of hydrogen-bond donors (Lipinski definition) is 0. The van der Waals surface area contributed by atoms with Gasteiger partial charge >= 0.3 is 0 Å². The van der Waals surface area contributed by atoms with Crippen LogP contribution in [0, 0.1) is 5.82 Å². The number of nitrogens with zero attached hydrogens (tertiary/aromatic N) is 1. The molecule has 2 aromatic rings. The maximum Gasteiger partial charge on any atom is 0.246 e. The highest BCUT2D eigenvalue weighted by molar-refractivity contribution is 5.92. The fourth-order valence-electron chi connectivity index (χ4n) is 2.98. The van der Waals surface area contributed by atoms with E-state index in [1.165, 1.54) is 17.7 Å². The van der Waals surface area contributed by atoms with Gasteiger partial charge in [0.2, 0.25) is 5.91 Å². The van der Waals surface area contributed by atoms with E-state index in [1.54, 1.807) is 19.3 Å². The minimum Gasteiger partial charge on any atom is -0.497 e. The Morgan fingerprint density at radius 2 is 1.81 bits per heavy atom. The first kappa shape index (κ1) is 17.9. The number of carbonyl (C=O) groups excluding carboxylic acids is 1. The van der Waals surface area contributed by atoms with E-state index in [0.29, 0.717) is 13.1 Å². The molecule has 0 aromatic heterocycles. The van der Waals surface area contributed by atoms with Gasteiger partial charge in [0.25, 0.3) is 0 Å². The summed E-state index contributed by atoms with van der Waals surface area (Å²) in [5.74, 6) is 0.586. The SMILES string of the molecule is COc1ccc(C=CC(=O)N2CCC(=Cc3cccc(F)c3)CC2)cc1. The van der Waals surface area contributed by atoms with Gasteiger partial charge in [0.15, 0.2) is 0 Å². The van der Waals surface area contributed by atoms with Gasteiger partial charge in [0.1, 0.15) is 11.6 Å². The molecule has 1 heterocycles. The van der Waals surface area contributed by atoms with Crippen LogP contribution in [0.15, 0.2) is 60.2 Å². The van der Waals surface area contributed by atoms with Crippen LogP contribution in [0.5, 0.6) is 5.75 Å². The minimum atomic E-state index is -0.226. The Kier molecular flexibility index (Phi) is 5.84. The van der Waals surface area contributed by atoms with E-state index in [1.807, 2.05) is 47.4 Å². The molecule has 0 atom stereocenters. The molecule has 1 fully saturated rings. The third-order valence-electron chi connectivity index (χ3n) is 4.47. The highest BCUT2D eigenvalue weighted by Crippen LogP contribution is 2.20. The van der Waals surface area contributed by atoms with Crippen molar-refractivity contribution in [3.05, 3.63) is 77.1 Å². The van der Waals surface area contributed by atoms with Gasteiger partial charge in [-0.2, -0.15) is 0 Å². The standard InChI is InChI=1S/C22H22FNO2/c1-26-21-8-5-17(6-9-21)7-10-22(25)24-13-11-18(12-14-24)15-19-3-2-4-20(23)16-19/h2-10,15-16H,11-14H2,1H3. The number of hydrogen-bond acceptors (Lipinski definition) is 2. The molecule has 1 saturated heterocycles. The van der Waals surface area contributed by atoms with Crippen molar-refractivity contribution in [2.24, 2.45) is 0 Å². The molecule has 3 rings (SSSR count). The molecule has 0 aliphatic carbocycles. The number of amides is 1. The second-order valence-electron chi connectivity index (χ2n) is 6.29. The number of methoxy groups -OCH3 is 1. The third kappa shape index (κ3) is 4.82. The zero-order valence-corrected chi connectivity index (χ0v) is 14.8. The molecule has 1 aliphatic rings. The summed E-state index contributed by atoms with van der Waals surface area (Å²) in [5.41, 5.74) is 3.08. The van der Waals surface area contributed by atoms with Crippen molar-refractivity contribution in [1.82, 2.24) is 4.90 Å². The minimum absolute atomic E-state index is 0.0191. The fraction of sp³-hybridized carbons (Fsp3) is 0.227. The van der Waals surface area contributed by atoms with Crippen LogP contribution in [-0.2, 0) is 4.79 Å². The molecule has 134 valence electrons. The van der Waals surface area contributed by atoms with Gasteiger partial charge in [-0.1, -0.05) is 35.9 Å². The van der Waals surface area contributed by atoms with Crippen molar-refractivity contribution in [3.8, 4) is 5.75 Å². The summed E-state index contributed by atoms with van der Waals surface area (Å²) >= 11 is 0. The number of ether oxygens (including phenoxy) is 1. The van der Waals surface area contributed by atoms with E-state index in [0.717, 1.165) is 29.7 Å². The van der Waals surface area contributed by atoms with Gasteiger partial charge in [-0.3, -0.25) is 4.79 Å². The summed E-state index contributed by atoms with van der Waals surface area (Å²) < 4.78 is 18.4. The fourth-order valence-corrected chi connectivity index (χ4v) is 2.98. The van der Waals surface area contributed by atoms with Crippen LogP contribution < -0.4 is 4.74 Å². The quantitative estimate of drug-likeness (QED) is 0.756. The van der Waals surface area contributed by atoms with Crippen LogP contribution in [0.1, 0.15) is 24.0 Å². The molecule has 0 bridgehead atoms. The Morgan fingerprint density at radius 3 is 2.46 bits per heavy atom. The van der Waals surface area contributed by atoms with Crippen LogP contribution >= 0.6 is 0 Å². The molecule has 1 amide bonds. The molecule has 0 radical (unpaired) electrons. The van der Waals surface area contributed by atoms with Crippen molar-refractivity contribution in [3.63, 3.8) is 0 Å². The van der Waals surface area contributed by atoms with Crippen LogP contribution in [-0.4, -0.2) is 31.0 Å². The van der Waals surface area contributed by atoms with Crippen molar-refractivity contribution < 1.29 is 13.9 Å². The van der Waals surface area contributed by atoms with E-state index in [-0.39, 0.29) is 11.7 Å². The highest BCUT2D eigenvalue weighted by atomic mass is 19.1. The van der Waals surface area contributed by atoms with Gasteiger partial charge in [-0.15, -0.1) is 0 Å². The Balaban J connectivity index is 1.55. The lowest BCUT2D eigenvalue weighted by molar-refractivity contribution is -0.126. The number of rotatable bonds is 4. The maximum atomic E-state index is 13.3. The molecule has 0 N–H and O–H groups in total. The van der Waals surface area contributed by atoms with Crippen LogP contribution in [0.25, 0.3) is 12.2 Å². The third-order valence-corrected chi connectivity index (χ3v) is 4.47. The summed E-state index contributed by atoms with van der Waals surface area (Å²) in [4.78, 5) is 14.2. The molecule has 2 aromatic carbocycles. The maximum absolute atomic E-state index is 13.3. The number of likely N-dealkylation sites (tertiary alicyclic amines) is 1. The summed E-state index contributed by atoms with van der Waals surface area (Å²) in [6.07, 6.45) is 7.10. The first-order valence-electron chi connectivity index (χ1n) is 8.70. The van der Waals surface area contributed by atoms with Crippen LogP contribution in [0.3, 0.4) is 0 Å². The lowest BCUT2D eigenvalue weighted by Crippen LogP contribution is -2.35. The topological polar surface area (TPSA) is 29.5 Å². The molecular formula is C22H22FNO2. The van der Waals surface area contributed by atoms with E-state index >= 15 is 0 Å². The summed E-state index contributed by atoms with van der Waals surface area (Å²) in [5, 5.41) is 0. The molecule has 1 aliphatic heterocycles. The van der Waals surface area contributed by atoms with Gasteiger partial charge in [0, 0.05) is 19.2 Å². The second-order valence-corrected chi connectivity index (χ2v) is 6.29. The first-order valence-corrected chi connectivity index (χ1v) is 8.70. The van der Waals surface area contributed by atoms with Crippen molar-refractivity contribution in [2.75, 3.05) is 20.2 Å². The molecule has 26 heavy (non-hydrogen) atoms. The van der Waals surface area contributed by atoms with Crippen molar-refractivity contribution in [1.29, 1.82) is 0 Å². The number of benzene rings is 2. The summed E-state index contributed by atoms with van der Waals surface area (Å²) in [7, 11) is 1.63. The Morgan fingerprint density at radius 1 is 1.08 bits per heavy atom. The summed E-state index contributed by atoms with van der Waals surface area (Å²) in [6, 6.07) is 14.1.